The molecule has 3 rings (SSSR count). The van der Waals surface area contributed by atoms with Crippen LogP contribution in [0.25, 0.3) is 0 Å². The lowest BCUT2D eigenvalue weighted by molar-refractivity contribution is 0.305. The van der Waals surface area contributed by atoms with E-state index in [9.17, 15) is 0 Å². The summed E-state index contributed by atoms with van der Waals surface area (Å²) in [4.78, 5) is 11.1. The van der Waals surface area contributed by atoms with E-state index >= 15 is 0 Å². The van der Waals surface area contributed by atoms with Gasteiger partial charge in [-0.3, -0.25) is 4.99 Å². The summed E-state index contributed by atoms with van der Waals surface area (Å²) < 4.78 is 10.9. The molecule has 0 saturated carbocycles. The van der Waals surface area contributed by atoms with E-state index in [2.05, 4.69) is 44.6 Å². The van der Waals surface area contributed by atoms with E-state index in [0.717, 1.165) is 49.6 Å². The molecule has 1 aromatic heterocycles. The number of hydrogen-bond donors (Lipinski definition) is 2. The fourth-order valence-corrected chi connectivity index (χ4v) is 3.52. The maximum Gasteiger partial charge on any atom is 0.213 e. The van der Waals surface area contributed by atoms with Crippen molar-refractivity contribution in [2.24, 2.45) is 4.99 Å². The van der Waals surface area contributed by atoms with Crippen molar-refractivity contribution in [3.05, 3.63) is 48.2 Å². The molecule has 8 heteroatoms. The van der Waals surface area contributed by atoms with Gasteiger partial charge in [0.05, 0.1) is 13.7 Å². The Balaban J connectivity index is 0.00000341. The SMILES string of the molecule is CCCOc1ccc(CNC(=NC)NC2CCCN(c3cccc(OC)c3)C2)cn1.I. The number of ether oxygens (including phenoxy) is 2. The average Bonchev–Trinajstić information content (AvgIpc) is 2.81. The lowest BCUT2D eigenvalue weighted by Gasteiger charge is -2.35. The number of hydrogen-bond acceptors (Lipinski definition) is 5. The van der Waals surface area contributed by atoms with Gasteiger partial charge in [-0.05, 0) is 37.0 Å². The summed E-state index contributed by atoms with van der Waals surface area (Å²) in [7, 11) is 3.51. The number of halogens is 1. The highest BCUT2D eigenvalue weighted by Gasteiger charge is 2.21. The Morgan fingerprint density at radius 1 is 1.29 bits per heavy atom. The van der Waals surface area contributed by atoms with Crippen molar-refractivity contribution in [3.8, 4) is 11.6 Å². The minimum Gasteiger partial charge on any atom is -0.497 e. The lowest BCUT2D eigenvalue weighted by atomic mass is 10.0. The molecular weight excluding hydrogens is 505 g/mol. The Hall–Kier alpha value is -2.23. The van der Waals surface area contributed by atoms with Gasteiger partial charge in [0.15, 0.2) is 5.96 Å². The first-order valence-electron chi connectivity index (χ1n) is 10.7. The zero-order chi connectivity index (χ0) is 21.2. The molecule has 1 aliphatic heterocycles. The van der Waals surface area contributed by atoms with Crippen LogP contribution in [0.4, 0.5) is 5.69 Å². The smallest absolute Gasteiger partial charge is 0.213 e. The molecule has 0 amide bonds. The molecule has 170 valence electrons. The van der Waals surface area contributed by atoms with Crippen LogP contribution < -0.4 is 25.0 Å². The zero-order valence-electron chi connectivity index (χ0n) is 18.6. The Kier molecular flexibility index (Phi) is 10.7. The minimum atomic E-state index is 0. The highest BCUT2D eigenvalue weighted by molar-refractivity contribution is 14.0. The molecule has 0 bridgehead atoms. The second-order valence-corrected chi connectivity index (χ2v) is 7.41. The van der Waals surface area contributed by atoms with Crippen LogP contribution in [-0.4, -0.2) is 50.8 Å². The number of aromatic nitrogens is 1. The van der Waals surface area contributed by atoms with Crippen LogP contribution in [0.5, 0.6) is 11.6 Å². The molecule has 2 aromatic rings. The number of guanidine groups is 1. The van der Waals surface area contributed by atoms with E-state index in [4.69, 9.17) is 9.47 Å². The van der Waals surface area contributed by atoms with Gasteiger partial charge >= 0.3 is 0 Å². The third-order valence-electron chi connectivity index (χ3n) is 5.12. The van der Waals surface area contributed by atoms with Gasteiger partial charge in [-0.25, -0.2) is 4.98 Å². The molecular formula is C23H34IN5O2. The summed E-state index contributed by atoms with van der Waals surface area (Å²) >= 11 is 0. The van der Waals surface area contributed by atoms with E-state index < -0.39 is 0 Å². The number of aliphatic imine (C=N–C) groups is 1. The number of nitrogens with zero attached hydrogens (tertiary/aromatic N) is 3. The zero-order valence-corrected chi connectivity index (χ0v) is 21.0. The molecule has 0 aliphatic carbocycles. The number of pyridine rings is 1. The minimum absolute atomic E-state index is 0. The summed E-state index contributed by atoms with van der Waals surface area (Å²) in [5.74, 6) is 2.36. The van der Waals surface area contributed by atoms with Gasteiger partial charge in [-0.15, -0.1) is 24.0 Å². The first-order chi connectivity index (χ1) is 14.7. The Bertz CT molecular complexity index is 816. The molecule has 1 unspecified atom stereocenters. The molecule has 31 heavy (non-hydrogen) atoms. The monoisotopic (exact) mass is 539 g/mol. The normalized spacial score (nSPS) is 16.3. The number of rotatable bonds is 8. The van der Waals surface area contributed by atoms with E-state index in [1.165, 1.54) is 5.69 Å². The van der Waals surface area contributed by atoms with Gasteiger partial charge in [0.25, 0.3) is 0 Å². The Morgan fingerprint density at radius 2 is 2.16 bits per heavy atom. The molecule has 2 N–H and O–H groups in total. The van der Waals surface area contributed by atoms with E-state index in [1.54, 1.807) is 14.2 Å². The highest BCUT2D eigenvalue weighted by Crippen LogP contribution is 2.24. The predicted octanol–water partition coefficient (Wildman–Crippen LogP) is 3.83. The van der Waals surface area contributed by atoms with Gasteiger partial charge < -0.3 is 25.0 Å². The molecule has 2 heterocycles. The van der Waals surface area contributed by atoms with Gasteiger partial charge in [0.2, 0.25) is 5.88 Å². The number of methoxy groups -OCH3 is 1. The standard InChI is InChI=1S/C23H33N5O2.HI/c1-4-13-30-22-11-10-18(15-25-22)16-26-23(24-2)27-19-7-6-12-28(17-19)20-8-5-9-21(14-20)29-3;/h5,8-11,14-15,19H,4,6-7,12-13,16-17H2,1-3H3,(H2,24,26,27);1H. The van der Waals surface area contributed by atoms with Crippen LogP contribution in [0.2, 0.25) is 0 Å². The maximum absolute atomic E-state index is 5.54. The fourth-order valence-electron chi connectivity index (χ4n) is 3.52. The summed E-state index contributed by atoms with van der Waals surface area (Å²) in [6.07, 6.45) is 5.07. The second-order valence-electron chi connectivity index (χ2n) is 7.41. The third-order valence-corrected chi connectivity index (χ3v) is 5.12. The van der Waals surface area contributed by atoms with Crippen molar-refractivity contribution in [2.75, 3.05) is 38.8 Å². The van der Waals surface area contributed by atoms with Crippen LogP contribution >= 0.6 is 24.0 Å². The summed E-state index contributed by atoms with van der Waals surface area (Å²) in [5, 5.41) is 6.95. The number of nitrogens with one attached hydrogen (secondary N) is 2. The van der Waals surface area contributed by atoms with Crippen LogP contribution in [0.15, 0.2) is 47.6 Å². The molecule has 7 nitrogen and oxygen atoms in total. The second kappa shape index (κ2) is 13.2. The third kappa shape index (κ3) is 7.75. The summed E-state index contributed by atoms with van der Waals surface area (Å²) in [5.41, 5.74) is 2.28. The average molecular weight is 539 g/mol. The Labute approximate surface area is 202 Å². The molecule has 0 spiro atoms. The topological polar surface area (TPSA) is 71.0 Å². The van der Waals surface area contributed by atoms with Gasteiger partial charge in [0.1, 0.15) is 5.75 Å². The van der Waals surface area contributed by atoms with Crippen molar-refractivity contribution < 1.29 is 9.47 Å². The molecule has 1 aliphatic rings. The van der Waals surface area contributed by atoms with Crippen LogP contribution in [0.1, 0.15) is 31.7 Å². The first kappa shape index (κ1) is 25.0. The molecule has 1 saturated heterocycles. The van der Waals surface area contributed by atoms with Crippen LogP contribution in [0, 0.1) is 0 Å². The van der Waals surface area contributed by atoms with Crippen molar-refractivity contribution in [2.45, 2.75) is 38.8 Å². The summed E-state index contributed by atoms with van der Waals surface area (Å²) in [6, 6.07) is 12.5. The van der Waals surface area contributed by atoms with Crippen LogP contribution in [0.3, 0.4) is 0 Å². The van der Waals surface area contributed by atoms with Crippen molar-refractivity contribution in [1.29, 1.82) is 0 Å². The van der Waals surface area contributed by atoms with Crippen molar-refractivity contribution >= 4 is 35.6 Å². The van der Waals surface area contributed by atoms with Crippen LogP contribution in [-0.2, 0) is 6.54 Å². The molecule has 1 atom stereocenters. The van der Waals surface area contributed by atoms with E-state index in [-0.39, 0.29) is 24.0 Å². The van der Waals surface area contributed by atoms with Crippen molar-refractivity contribution in [1.82, 2.24) is 15.6 Å². The summed E-state index contributed by atoms with van der Waals surface area (Å²) in [6.45, 7) is 5.41. The van der Waals surface area contributed by atoms with Crippen molar-refractivity contribution in [3.63, 3.8) is 0 Å². The molecule has 0 radical (unpaired) electrons. The highest BCUT2D eigenvalue weighted by atomic mass is 127. The lowest BCUT2D eigenvalue weighted by Crippen LogP contribution is -2.51. The van der Waals surface area contributed by atoms with E-state index in [1.807, 2.05) is 30.5 Å². The number of anilines is 1. The fraction of sp³-hybridized carbons (Fsp3) is 0.478. The first-order valence-corrected chi connectivity index (χ1v) is 10.7. The molecule has 1 fully saturated rings. The van der Waals surface area contributed by atoms with E-state index in [0.29, 0.717) is 25.1 Å². The number of benzene rings is 1. The van der Waals surface area contributed by atoms with Gasteiger partial charge in [0, 0.05) is 56.7 Å². The van der Waals surface area contributed by atoms with Gasteiger partial charge in [-0.2, -0.15) is 0 Å². The number of piperidine rings is 1. The Morgan fingerprint density at radius 3 is 2.87 bits per heavy atom. The van der Waals surface area contributed by atoms with Gasteiger partial charge in [-0.1, -0.05) is 19.1 Å². The quantitative estimate of drug-likeness (QED) is 0.302. The predicted molar refractivity (Wildman–Crippen MR) is 137 cm³/mol. The largest absolute Gasteiger partial charge is 0.497 e. The maximum atomic E-state index is 5.54. The molecule has 1 aromatic carbocycles.